The van der Waals surface area contributed by atoms with Gasteiger partial charge >= 0.3 is 19.8 Å². The van der Waals surface area contributed by atoms with Crippen LogP contribution in [0, 0.1) is 0 Å². The summed E-state index contributed by atoms with van der Waals surface area (Å²) >= 11 is 0. The number of quaternary nitrogens is 1. The van der Waals surface area contributed by atoms with Crippen molar-refractivity contribution in [1.82, 2.24) is 0 Å². The minimum absolute atomic E-state index is 0.00144. The second-order valence-electron chi connectivity index (χ2n) is 23.2. The van der Waals surface area contributed by atoms with Crippen LogP contribution < -0.4 is 0 Å². The zero-order valence-corrected chi connectivity index (χ0v) is 52.2. The largest absolute Gasteiger partial charge is 0.521 e. The highest BCUT2D eigenvalue weighted by Gasteiger charge is 2.59. The van der Waals surface area contributed by atoms with Crippen LogP contribution in [0.5, 0.6) is 0 Å². The molecule has 3 unspecified atom stereocenters. The first-order valence-corrected chi connectivity index (χ1v) is 33.6. The summed E-state index contributed by atoms with van der Waals surface area (Å²) < 4.78 is 68.4. The number of carbonyl (C=O) groups excluding carboxylic acids is 2. The molecule has 0 aromatic carbocycles. The standard InChI is InChI=1S/C59H113NO23P/c1-6-11-13-15-17-19-21-23-25-27-29-31-33-35-44(63)75-39-41(77-45(64)36-34-32-30-28-26-24-22-20-18-16-14-12-7-2)40-76-84(74,83-60(8-3,9-4)10-5)82-57-55(80-58-53(72)48(67)46(65)42(37-61)78-58)51(70)50(69)52(71)56(57)81-59-54(73)49(68)47(66)43(38-62)79-59/h41-43,46-59,61-62,65-73H,6-40H2,1-5H3/q+1/t41-,42-,43-,46-,47-,48+,49+,50?,51-,52+,53+,54+,55-,56-,57?,58-,59-,84?/m1/s1. The lowest BCUT2D eigenvalue weighted by molar-refractivity contribution is -1.08. The Hall–Kier alpha value is -1.59. The quantitative estimate of drug-likeness (QED) is 0.0123. The molecule has 11 N–H and O–H groups in total. The fourth-order valence-electron chi connectivity index (χ4n) is 10.9. The Morgan fingerprint density at radius 3 is 1.14 bits per heavy atom. The fraction of sp³-hybridized carbons (Fsp3) is 0.966. The molecule has 1 aliphatic carbocycles. The van der Waals surface area contributed by atoms with Crippen molar-refractivity contribution in [3.63, 3.8) is 0 Å². The molecule has 0 aromatic heterocycles. The monoisotopic (exact) mass is 1230 g/mol. The zero-order valence-electron chi connectivity index (χ0n) is 51.3. The van der Waals surface area contributed by atoms with Gasteiger partial charge < -0.3 is 84.6 Å². The van der Waals surface area contributed by atoms with Gasteiger partial charge in [-0.3, -0.25) is 18.6 Å². The van der Waals surface area contributed by atoms with Crippen LogP contribution >= 0.6 is 7.82 Å². The average molecular weight is 1240 g/mol. The molecule has 2 aliphatic heterocycles. The number of rotatable bonds is 47. The molecule has 1 saturated carbocycles. The van der Waals surface area contributed by atoms with Crippen LogP contribution in [-0.2, 0) is 56.2 Å². The Balaban J connectivity index is 1.91. The molecule has 0 bridgehead atoms. The number of hydrogen-bond acceptors (Lipinski definition) is 23. The van der Waals surface area contributed by atoms with Crippen LogP contribution in [0.15, 0.2) is 0 Å². The van der Waals surface area contributed by atoms with Gasteiger partial charge in [-0.2, -0.15) is 4.65 Å². The van der Waals surface area contributed by atoms with Gasteiger partial charge in [0.2, 0.25) is 0 Å². The lowest BCUT2D eigenvalue weighted by Gasteiger charge is -2.50. The number of hydrogen-bond donors (Lipinski definition) is 11. The number of phosphoric acid groups is 1. The van der Waals surface area contributed by atoms with Crippen molar-refractivity contribution in [3.05, 3.63) is 0 Å². The minimum atomic E-state index is -5.35. The van der Waals surface area contributed by atoms with Gasteiger partial charge in [-0.05, 0) is 33.6 Å². The van der Waals surface area contributed by atoms with Crippen LogP contribution in [0.3, 0.4) is 0 Å². The van der Waals surface area contributed by atoms with E-state index in [4.69, 9.17) is 42.1 Å². The van der Waals surface area contributed by atoms with E-state index in [2.05, 4.69) is 13.8 Å². The van der Waals surface area contributed by atoms with E-state index >= 15 is 4.57 Å². The van der Waals surface area contributed by atoms with Crippen LogP contribution in [-0.4, -0.2) is 223 Å². The zero-order chi connectivity index (χ0) is 62.1. The van der Waals surface area contributed by atoms with Gasteiger partial charge in [-0.1, -0.05) is 173 Å². The molecule has 0 spiro atoms. The normalized spacial score (nSPS) is 30.5. The van der Waals surface area contributed by atoms with E-state index in [-0.39, 0.29) is 32.5 Å². The minimum Gasteiger partial charge on any atom is -0.462 e. The molecule has 0 radical (unpaired) electrons. The van der Waals surface area contributed by atoms with Gasteiger partial charge in [0.05, 0.1) is 19.8 Å². The molecule has 2 saturated heterocycles. The average Bonchev–Trinajstić information content (AvgIpc) is 1.33. The van der Waals surface area contributed by atoms with Gasteiger partial charge in [0.1, 0.15) is 112 Å². The summed E-state index contributed by atoms with van der Waals surface area (Å²) in [4.78, 5) is 26.8. The lowest BCUT2D eigenvalue weighted by Crippen LogP contribution is -2.69. The van der Waals surface area contributed by atoms with Gasteiger partial charge in [0, 0.05) is 12.8 Å². The molecule has 24 nitrogen and oxygen atoms in total. The molecule has 2 heterocycles. The Morgan fingerprint density at radius 2 is 0.786 bits per heavy atom. The maximum Gasteiger partial charge on any atom is 0.521 e. The molecule has 0 aromatic rings. The Kier molecular flexibility index (Phi) is 38.7. The highest BCUT2D eigenvalue weighted by atomic mass is 31.2. The third-order valence-corrected chi connectivity index (χ3v) is 18.2. The molecule has 25 heteroatoms. The number of ether oxygens (including phenoxy) is 6. The molecule has 3 aliphatic rings. The number of unbranched alkanes of at least 4 members (excludes halogenated alkanes) is 24. The number of aliphatic hydroxyl groups is 11. The van der Waals surface area contributed by atoms with Crippen LogP contribution in [0.25, 0.3) is 0 Å². The predicted molar refractivity (Wildman–Crippen MR) is 308 cm³/mol. The summed E-state index contributed by atoms with van der Waals surface area (Å²) in [5.41, 5.74) is 0. The molecule has 3 rings (SSSR count). The topological polar surface area (TPSA) is 357 Å². The van der Waals surface area contributed by atoms with E-state index in [1.807, 2.05) is 0 Å². The number of carbonyl (C=O) groups is 2. The van der Waals surface area contributed by atoms with Gasteiger partial charge in [-0.25, -0.2) is 4.57 Å². The number of phosphoric ester groups is 1. The lowest BCUT2D eigenvalue weighted by atomic mass is 9.84. The van der Waals surface area contributed by atoms with Crippen LogP contribution in [0.2, 0.25) is 0 Å². The maximum absolute atomic E-state index is 15.7. The number of esters is 2. The van der Waals surface area contributed by atoms with Gasteiger partial charge in [0.25, 0.3) is 0 Å². The van der Waals surface area contributed by atoms with E-state index in [0.29, 0.717) is 12.8 Å². The molecule has 0 amide bonds. The second-order valence-corrected chi connectivity index (χ2v) is 24.8. The van der Waals surface area contributed by atoms with E-state index in [9.17, 15) is 65.8 Å². The first-order valence-electron chi connectivity index (χ1n) is 32.1. The molecular formula is C59H113NO23P+. The third-order valence-electron chi connectivity index (χ3n) is 16.7. The molecule has 3 fully saturated rings. The van der Waals surface area contributed by atoms with Crippen molar-refractivity contribution >= 4 is 19.8 Å². The fourth-order valence-corrected chi connectivity index (χ4v) is 12.7. The van der Waals surface area contributed by atoms with Crippen molar-refractivity contribution < 1.29 is 117 Å². The van der Waals surface area contributed by atoms with E-state index in [1.54, 1.807) is 20.8 Å². The SMILES string of the molecule is CCCCCCCCCCCCCCCC(=O)OC[C@H](COP(=O)(OC1[C@H](O[C@H]2O[C@H](CO)[C@@H](O)[C@H](O)[C@@H]2O)[C@H](O)C(O)[C@H](O)[C@H]1O[C@H]1O[C@H](CO)[C@@H](O)[C@H](O)[C@@H]1O)O[N+](CC)(CC)CC)OC(=O)CCCCCCCCCCCCCCC. The summed E-state index contributed by atoms with van der Waals surface area (Å²) in [5.74, 6) is -1.24. The highest BCUT2D eigenvalue weighted by Crippen LogP contribution is 2.55. The Bertz CT molecular complexity index is 1710. The van der Waals surface area contributed by atoms with E-state index in [0.717, 1.165) is 57.8 Å². The summed E-state index contributed by atoms with van der Waals surface area (Å²) in [7, 11) is -5.35. The highest BCUT2D eigenvalue weighted by molar-refractivity contribution is 7.48. The van der Waals surface area contributed by atoms with E-state index in [1.165, 1.54) is 96.3 Å². The third kappa shape index (κ3) is 26.1. The molecular weight excluding hydrogens is 1120 g/mol. The molecule has 496 valence electrons. The van der Waals surface area contributed by atoms with Crippen molar-refractivity contribution in [2.75, 3.05) is 46.1 Å². The van der Waals surface area contributed by atoms with Crippen molar-refractivity contribution in [3.8, 4) is 0 Å². The summed E-state index contributed by atoms with van der Waals surface area (Å²) in [5, 5.41) is 119. The number of aliphatic hydroxyl groups excluding tert-OH is 11. The first-order chi connectivity index (χ1) is 40.3. The van der Waals surface area contributed by atoms with Crippen LogP contribution in [0.4, 0.5) is 0 Å². The molecule has 84 heavy (non-hydrogen) atoms. The van der Waals surface area contributed by atoms with Crippen LogP contribution in [0.1, 0.15) is 214 Å². The number of hydroxylamine groups is 3. The molecule has 18 atom stereocenters. The summed E-state index contributed by atoms with van der Waals surface area (Å²) in [6.45, 7) is 6.73. The smallest absolute Gasteiger partial charge is 0.462 e. The van der Waals surface area contributed by atoms with Crippen molar-refractivity contribution in [1.29, 1.82) is 0 Å². The predicted octanol–water partition coefficient (Wildman–Crippen LogP) is 5.19. The Labute approximate surface area is 499 Å². The summed E-state index contributed by atoms with van der Waals surface area (Å²) in [6, 6.07) is 0. The number of nitrogens with zero attached hydrogens (tertiary/aromatic N) is 1. The second kappa shape index (κ2) is 42.4. The van der Waals surface area contributed by atoms with Gasteiger partial charge in [-0.15, -0.1) is 0 Å². The Morgan fingerprint density at radius 1 is 0.440 bits per heavy atom. The maximum atomic E-state index is 15.7. The summed E-state index contributed by atoms with van der Waals surface area (Å²) in [6.07, 6.45) is -5.45. The van der Waals surface area contributed by atoms with Crippen molar-refractivity contribution in [2.45, 2.75) is 319 Å². The first kappa shape index (κ1) is 76.7. The van der Waals surface area contributed by atoms with E-state index < -0.39 is 155 Å². The van der Waals surface area contributed by atoms with Gasteiger partial charge in [0.15, 0.2) is 18.7 Å². The van der Waals surface area contributed by atoms with Crippen molar-refractivity contribution in [2.24, 2.45) is 0 Å².